The quantitative estimate of drug-likeness (QED) is 0.637. The molecular weight excluding hydrogens is 277 g/mol. The van der Waals surface area contributed by atoms with E-state index in [-0.39, 0.29) is 11.5 Å². The van der Waals surface area contributed by atoms with Crippen molar-refractivity contribution >= 4 is 0 Å². The van der Waals surface area contributed by atoms with Crippen molar-refractivity contribution in [2.75, 3.05) is 0 Å². The van der Waals surface area contributed by atoms with Crippen LogP contribution in [0, 0.1) is 12.3 Å². The van der Waals surface area contributed by atoms with Gasteiger partial charge in [0.25, 0.3) is 0 Å². The maximum atomic E-state index is 12.8. The Hall–Kier alpha value is -1.07. The molecule has 0 radical (unpaired) electrons. The van der Waals surface area contributed by atoms with Gasteiger partial charge in [0.1, 0.15) is 0 Å². The summed E-state index contributed by atoms with van der Waals surface area (Å²) >= 11 is 0. The smallest absolute Gasteiger partial charge is 0.271 e. The maximum absolute atomic E-state index is 12.8. The molecule has 1 aromatic carbocycles. The molecule has 2 nitrogen and oxygen atoms in total. The fourth-order valence-corrected chi connectivity index (χ4v) is 3.49. The van der Waals surface area contributed by atoms with Crippen LogP contribution in [0.15, 0.2) is 18.2 Å². The lowest BCUT2D eigenvalue weighted by Gasteiger charge is -2.41. The highest BCUT2D eigenvalue weighted by atomic mass is 19.4. The van der Waals surface area contributed by atoms with Crippen molar-refractivity contribution < 1.29 is 13.2 Å². The van der Waals surface area contributed by atoms with Crippen molar-refractivity contribution in [2.24, 2.45) is 11.3 Å². The number of alkyl halides is 3. The minimum absolute atomic E-state index is 0.00247. The molecule has 1 saturated carbocycles. The van der Waals surface area contributed by atoms with E-state index in [4.69, 9.17) is 5.84 Å². The van der Waals surface area contributed by atoms with Crippen LogP contribution in [-0.2, 0) is 6.18 Å². The van der Waals surface area contributed by atoms with E-state index in [1.54, 1.807) is 13.0 Å². The summed E-state index contributed by atoms with van der Waals surface area (Å²) in [5.74, 6) is 5.74. The Morgan fingerprint density at radius 3 is 2.29 bits per heavy atom. The van der Waals surface area contributed by atoms with Gasteiger partial charge in [-0.1, -0.05) is 32.3 Å². The van der Waals surface area contributed by atoms with Gasteiger partial charge in [0.15, 0.2) is 0 Å². The number of hydrogen-bond donors (Lipinski definition) is 2. The molecule has 5 heteroatoms. The molecule has 0 spiro atoms. The molecule has 21 heavy (non-hydrogen) atoms. The lowest BCUT2D eigenvalue weighted by molar-refractivity contribution is -0.137. The van der Waals surface area contributed by atoms with Crippen LogP contribution in [0.25, 0.3) is 0 Å². The molecule has 0 aliphatic heterocycles. The van der Waals surface area contributed by atoms with Crippen molar-refractivity contribution in [1.29, 1.82) is 0 Å². The number of hydrazine groups is 1. The van der Waals surface area contributed by atoms with Crippen LogP contribution in [0.1, 0.15) is 61.8 Å². The van der Waals surface area contributed by atoms with Crippen LogP contribution >= 0.6 is 0 Å². The highest BCUT2D eigenvalue weighted by Crippen LogP contribution is 2.46. The minimum Gasteiger partial charge on any atom is -0.271 e. The van der Waals surface area contributed by atoms with Crippen molar-refractivity contribution in [1.82, 2.24) is 5.43 Å². The Bertz CT molecular complexity index is 491. The zero-order valence-corrected chi connectivity index (χ0v) is 12.6. The summed E-state index contributed by atoms with van der Waals surface area (Å²) in [6.07, 6.45) is 1.30. The number of benzene rings is 1. The third-order valence-corrected chi connectivity index (χ3v) is 4.77. The van der Waals surface area contributed by atoms with Crippen molar-refractivity contribution in [3.63, 3.8) is 0 Å². The predicted molar refractivity (Wildman–Crippen MR) is 77.4 cm³/mol. The fourth-order valence-electron chi connectivity index (χ4n) is 3.49. The standard InChI is InChI=1S/C16H23F3N2/c1-11-10-12(16(17,18)19)6-7-13(11)14(21-20)15(2)8-4-3-5-9-15/h6-7,10,14,21H,3-5,8-9,20H2,1-2H3. The molecule has 1 aromatic rings. The average molecular weight is 300 g/mol. The SMILES string of the molecule is Cc1cc(C(F)(F)F)ccc1C(NN)C1(C)CCCCC1. The van der Waals surface area contributed by atoms with Gasteiger partial charge in [-0.05, 0) is 48.4 Å². The summed E-state index contributed by atoms with van der Waals surface area (Å²) in [5, 5.41) is 0. The van der Waals surface area contributed by atoms with Crippen LogP contribution in [0.3, 0.4) is 0 Å². The molecule has 2 rings (SSSR count). The second-order valence-electron chi connectivity index (χ2n) is 6.38. The number of aryl methyl sites for hydroxylation is 1. The van der Waals surface area contributed by atoms with Gasteiger partial charge in [-0.25, -0.2) is 0 Å². The number of nitrogens with one attached hydrogen (secondary N) is 1. The first-order chi connectivity index (χ1) is 9.78. The molecule has 1 aliphatic rings. The molecule has 0 bridgehead atoms. The Kier molecular flexibility index (Phi) is 4.63. The van der Waals surface area contributed by atoms with Crippen LogP contribution in [0.4, 0.5) is 13.2 Å². The molecular formula is C16H23F3N2. The van der Waals surface area contributed by atoms with E-state index in [0.717, 1.165) is 37.3 Å². The van der Waals surface area contributed by atoms with Gasteiger partial charge in [0, 0.05) is 0 Å². The molecule has 0 saturated heterocycles. The first kappa shape index (κ1) is 16.3. The Labute approximate surface area is 123 Å². The molecule has 1 aliphatic carbocycles. The summed E-state index contributed by atoms with van der Waals surface area (Å²) in [4.78, 5) is 0. The van der Waals surface area contributed by atoms with Gasteiger partial charge in [-0.3, -0.25) is 11.3 Å². The fraction of sp³-hybridized carbons (Fsp3) is 0.625. The monoisotopic (exact) mass is 300 g/mol. The van der Waals surface area contributed by atoms with Gasteiger partial charge in [-0.2, -0.15) is 13.2 Å². The molecule has 0 amide bonds. The van der Waals surface area contributed by atoms with Crippen molar-refractivity contribution in [3.05, 3.63) is 34.9 Å². The number of nitrogens with two attached hydrogens (primary N) is 1. The summed E-state index contributed by atoms with van der Waals surface area (Å²) in [7, 11) is 0. The molecule has 0 aromatic heterocycles. The van der Waals surface area contributed by atoms with Crippen LogP contribution in [-0.4, -0.2) is 0 Å². The number of rotatable bonds is 3. The lowest BCUT2D eigenvalue weighted by atomic mass is 9.68. The normalized spacial score (nSPS) is 20.3. The van der Waals surface area contributed by atoms with E-state index in [9.17, 15) is 13.2 Å². The van der Waals surface area contributed by atoms with Crippen LogP contribution in [0.5, 0.6) is 0 Å². The van der Waals surface area contributed by atoms with Gasteiger partial charge in [-0.15, -0.1) is 0 Å². The van der Waals surface area contributed by atoms with Gasteiger partial charge < -0.3 is 0 Å². The van der Waals surface area contributed by atoms with E-state index in [0.29, 0.717) is 5.56 Å². The molecule has 118 valence electrons. The number of halogens is 3. The highest BCUT2D eigenvalue weighted by molar-refractivity contribution is 5.35. The van der Waals surface area contributed by atoms with Crippen molar-refractivity contribution in [2.45, 2.75) is 58.2 Å². The molecule has 1 unspecified atom stereocenters. The van der Waals surface area contributed by atoms with E-state index < -0.39 is 11.7 Å². The summed E-state index contributed by atoms with van der Waals surface area (Å²) < 4.78 is 38.3. The minimum atomic E-state index is -4.30. The van der Waals surface area contributed by atoms with Gasteiger partial charge >= 0.3 is 6.18 Å². The predicted octanol–water partition coefficient (Wildman–Crippen LogP) is 4.49. The van der Waals surface area contributed by atoms with Gasteiger partial charge in [0.2, 0.25) is 0 Å². The summed E-state index contributed by atoms with van der Waals surface area (Å²) in [5.41, 5.74) is 3.75. The zero-order chi connectivity index (χ0) is 15.7. The van der Waals surface area contributed by atoms with E-state index in [1.807, 2.05) is 0 Å². The molecule has 3 N–H and O–H groups in total. The second kappa shape index (κ2) is 5.97. The third-order valence-electron chi connectivity index (χ3n) is 4.77. The topological polar surface area (TPSA) is 38.0 Å². The Balaban J connectivity index is 2.34. The van der Waals surface area contributed by atoms with Crippen molar-refractivity contribution in [3.8, 4) is 0 Å². The van der Waals surface area contributed by atoms with E-state index >= 15 is 0 Å². The molecule has 1 fully saturated rings. The van der Waals surface area contributed by atoms with Gasteiger partial charge in [0.05, 0.1) is 11.6 Å². The summed E-state index contributed by atoms with van der Waals surface area (Å²) in [6, 6.07) is 3.83. The maximum Gasteiger partial charge on any atom is 0.416 e. The van der Waals surface area contributed by atoms with E-state index in [2.05, 4.69) is 12.3 Å². The largest absolute Gasteiger partial charge is 0.416 e. The van der Waals surface area contributed by atoms with Crippen LogP contribution in [0.2, 0.25) is 0 Å². The molecule has 1 atom stereocenters. The van der Waals surface area contributed by atoms with Crippen LogP contribution < -0.4 is 11.3 Å². The third kappa shape index (κ3) is 3.40. The second-order valence-corrected chi connectivity index (χ2v) is 6.38. The zero-order valence-electron chi connectivity index (χ0n) is 12.6. The first-order valence-electron chi connectivity index (χ1n) is 7.42. The van der Waals surface area contributed by atoms with E-state index in [1.165, 1.54) is 12.5 Å². The summed E-state index contributed by atoms with van der Waals surface area (Å²) in [6.45, 7) is 3.90. The average Bonchev–Trinajstić information content (AvgIpc) is 2.41. The number of hydrogen-bond acceptors (Lipinski definition) is 2. The first-order valence-corrected chi connectivity index (χ1v) is 7.42. The highest BCUT2D eigenvalue weighted by Gasteiger charge is 2.37. The Morgan fingerprint density at radius 2 is 1.81 bits per heavy atom. The lowest BCUT2D eigenvalue weighted by Crippen LogP contribution is -2.41. The molecule has 0 heterocycles. The Morgan fingerprint density at radius 1 is 1.19 bits per heavy atom.